The molecule has 0 aliphatic heterocycles. The third kappa shape index (κ3) is 4.05. The number of carbonyl (C=O) groups excluding carboxylic acids is 2. The van der Waals surface area contributed by atoms with Crippen LogP contribution in [0, 0.1) is 23.0 Å². The molecule has 7 nitrogen and oxygen atoms in total. The molecule has 26 heavy (non-hydrogen) atoms. The minimum absolute atomic E-state index is 0.0639. The minimum Gasteiger partial charge on any atom is -0.447 e. The van der Waals surface area contributed by atoms with E-state index in [1.165, 1.54) is 12.1 Å². The van der Waals surface area contributed by atoms with E-state index in [0.717, 1.165) is 12.8 Å². The van der Waals surface area contributed by atoms with Crippen molar-refractivity contribution >= 4 is 23.3 Å². The van der Waals surface area contributed by atoms with Crippen LogP contribution >= 0.6 is 0 Å². The van der Waals surface area contributed by atoms with Crippen molar-refractivity contribution in [2.24, 2.45) is 5.92 Å². The van der Waals surface area contributed by atoms with Gasteiger partial charge in [-0.25, -0.2) is 0 Å². The van der Waals surface area contributed by atoms with Crippen molar-refractivity contribution in [1.29, 1.82) is 0 Å². The second-order valence-electron chi connectivity index (χ2n) is 6.27. The number of nitrogens with zero attached hydrogens (tertiary/aromatic N) is 1. The number of rotatable bonds is 6. The Balaban J connectivity index is 1.86. The van der Waals surface area contributed by atoms with Crippen LogP contribution in [0.3, 0.4) is 0 Å². The Morgan fingerprint density at radius 3 is 2.50 bits per heavy atom. The Morgan fingerprint density at radius 1 is 1.19 bits per heavy atom. The van der Waals surface area contributed by atoms with Crippen LogP contribution in [0.4, 0.5) is 11.4 Å². The van der Waals surface area contributed by atoms with Crippen molar-refractivity contribution in [2.45, 2.75) is 25.9 Å². The highest BCUT2D eigenvalue weighted by atomic mass is 16.6. The molecule has 0 aromatic heterocycles. The first kappa shape index (κ1) is 17.6. The average molecular weight is 354 g/mol. The average Bonchev–Trinajstić information content (AvgIpc) is 3.46. The number of hydrogen-bond acceptors (Lipinski definition) is 5. The molecule has 134 valence electrons. The van der Waals surface area contributed by atoms with Crippen LogP contribution in [0.1, 0.15) is 30.1 Å². The number of ether oxygens (including phenoxy) is 1. The quantitative estimate of drug-likeness (QED) is 0.486. The molecule has 1 fully saturated rings. The monoisotopic (exact) mass is 354 g/mol. The summed E-state index contributed by atoms with van der Waals surface area (Å²) in [6, 6.07) is 13.1. The molecule has 0 unspecified atom stereocenters. The highest BCUT2D eigenvalue weighted by Gasteiger charge is 2.35. The molecule has 1 aliphatic rings. The molecular formula is C19H18N2O5. The summed E-state index contributed by atoms with van der Waals surface area (Å²) >= 11 is 0. The third-order valence-corrected chi connectivity index (χ3v) is 4.09. The lowest BCUT2D eigenvalue weighted by Crippen LogP contribution is -2.26. The second kappa shape index (κ2) is 7.35. The van der Waals surface area contributed by atoms with E-state index in [1.807, 2.05) is 0 Å². The lowest BCUT2D eigenvalue weighted by atomic mass is 10.1. The van der Waals surface area contributed by atoms with E-state index in [-0.39, 0.29) is 17.3 Å². The van der Waals surface area contributed by atoms with Crippen LogP contribution in [0.25, 0.3) is 0 Å². The summed E-state index contributed by atoms with van der Waals surface area (Å²) in [7, 11) is 0. The Morgan fingerprint density at radius 2 is 1.88 bits per heavy atom. The fraction of sp³-hybridized carbons (Fsp3) is 0.263. The van der Waals surface area contributed by atoms with Gasteiger partial charge in [0.2, 0.25) is 6.10 Å². The minimum atomic E-state index is -1.16. The molecule has 2 aromatic carbocycles. The van der Waals surface area contributed by atoms with Gasteiger partial charge in [0.05, 0.1) is 10.8 Å². The molecule has 3 rings (SSSR count). The zero-order chi connectivity index (χ0) is 18.7. The van der Waals surface area contributed by atoms with Gasteiger partial charge in [-0.2, -0.15) is 0 Å². The molecule has 1 amide bonds. The van der Waals surface area contributed by atoms with Gasteiger partial charge < -0.3 is 10.1 Å². The van der Waals surface area contributed by atoms with Gasteiger partial charge in [-0.15, -0.1) is 0 Å². The summed E-state index contributed by atoms with van der Waals surface area (Å²) in [6.45, 7) is 1.72. The number of nitrogens with one attached hydrogen (secondary N) is 1. The highest BCUT2D eigenvalue weighted by Crippen LogP contribution is 2.33. The molecule has 0 radical (unpaired) electrons. The van der Waals surface area contributed by atoms with E-state index in [4.69, 9.17) is 4.74 Å². The lowest BCUT2D eigenvalue weighted by Gasteiger charge is -2.18. The second-order valence-corrected chi connectivity index (χ2v) is 6.27. The van der Waals surface area contributed by atoms with E-state index in [1.54, 1.807) is 43.3 Å². The number of hydrogen-bond donors (Lipinski definition) is 1. The Labute approximate surface area is 150 Å². The van der Waals surface area contributed by atoms with Gasteiger partial charge in [-0.05, 0) is 31.4 Å². The molecule has 7 heteroatoms. The molecule has 1 aliphatic carbocycles. The summed E-state index contributed by atoms with van der Waals surface area (Å²) in [5.74, 6) is -1.22. The van der Waals surface area contributed by atoms with Crippen molar-refractivity contribution in [2.75, 3.05) is 5.32 Å². The molecule has 1 atom stereocenters. The normalized spacial score (nSPS) is 14.3. The summed E-state index contributed by atoms with van der Waals surface area (Å²) < 4.78 is 5.40. The van der Waals surface area contributed by atoms with Crippen LogP contribution in [0.5, 0.6) is 0 Å². The summed E-state index contributed by atoms with van der Waals surface area (Å²) in [5, 5.41) is 13.8. The number of anilines is 1. The first-order valence-electron chi connectivity index (χ1n) is 8.27. The van der Waals surface area contributed by atoms with Gasteiger partial charge in [0.1, 0.15) is 5.69 Å². The third-order valence-electron chi connectivity index (χ3n) is 4.09. The van der Waals surface area contributed by atoms with Gasteiger partial charge in [-0.1, -0.05) is 36.4 Å². The van der Waals surface area contributed by atoms with E-state index >= 15 is 0 Å². The van der Waals surface area contributed by atoms with Crippen LogP contribution in [0.15, 0.2) is 48.5 Å². The van der Waals surface area contributed by atoms with Gasteiger partial charge in [0.15, 0.2) is 0 Å². The topological polar surface area (TPSA) is 98.5 Å². The zero-order valence-corrected chi connectivity index (χ0v) is 14.2. The summed E-state index contributed by atoms with van der Waals surface area (Å²) in [6.07, 6.45) is 0.349. The van der Waals surface area contributed by atoms with E-state index in [2.05, 4.69) is 5.32 Å². The number of carbonyl (C=O) groups is 2. The molecule has 0 spiro atoms. The van der Waals surface area contributed by atoms with Crippen LogP contribution < -0.4 is 5.32 Å². The van der Waals surface area contributed by atoms with Crippen molar-refractivity contribution < 1.29 is 19.2 Å². The van der Waals surface area contributed by atoms with Crippen LogP contribution in [-0.4, -0.2) is 16.8 Å². The number of nitro groups is 1. The van der Waals surface area contributed by atoms with Gasteiger partial charge >= 0.3 is 5.97 Å². The molecular weight excluding hydrogens is 336 g/mol. The van der Waals surface area contributed by atoms with Gasteiger partial charge in [0.25, 0.3) is 11.6 Å². The number of esters is 1. The maximum Gasteiger partial charge on any atom is 0.310 e. The number of benzene rings is 2. The maximum absolute atomic E-state index is 12.7. The zero-order valence-electron chi connectivity index (χ0n) is 14.2. The predicted molar refractivity (Wildman–Crippen MR) is 94.5 cm³/mol. The summed E-state index contributed by atoms with van der Waals surface area (Å²) in [5.41, 5.74) is 1.07. The standard InChI is InChI=1S/C19H18N2O5/c1-12-7-10-15(16(11-12)21(24)25)20-18(22)17(13-5-3-2-4-6-13)26-19(23)14-8-9-14/h2-7,10-11,14,17H,8-9H2,1H3,(H,20,22)/t17-/m1/s1. The van der Waals surface area contributed by atoms with Crippen molar-refractivity contribution in [3.05, 3.63) is 69.8 Å². The largest absolute Gasteiger partial charge is 0.447 e. The smallest absolute Gasteiger partial charge is 0.310 e. The Hall–Kier alpha value is -3.22. The van der Waals surface area contributed by atoms with Crippen molar-refractivity contribution in [3.8, 4) is 0 Å². The Bertz CT molecular complexity index is 846. The van der Waals surface area contributed by atoms with Gasteiger partial charge in [0, 0.05) is 11.6 Å². The fourth-order valence-corrected chi connectivity index (χ4v) is 2.53. The number of amides is 1. The maximum atomic E-state index is 12.7. The first-order chi connectivity index (χ1) is 12.5. The predicted octanol–water partition coefficient (Wildman–Crippen LogP) is 3.54. The summed E-state index contributed by atoms with van der Waals surface area (Å²) in [4.78, 5) is 35.5. The molecule has 2 aromatic rings. The van der Waals surface area contributed by atoms with Crippen molar-refractivity contribution in [1.82, 2.24) is 0 Å². The first-order valence-corrected chi connectivity index (χ1v) is 8.27. The van der Waals surface area contributed by atoms with E-state index in [9.17, 15) is 19.7 Å². The van der Waals surface area contributed by atoms with Gasteiger partial charge in [-0.3, -0.25) is 19.7 Å². The van der Waals surface area contributed by atoms with Crippen LogP contribution in [0.2, 0.25) is 0 Å². The fourth-order valence-electron chi connectivity index (χ4n) is 2.53. The molecule has 1 saturated carbocycles. The molecule has 0 heterocycles. The SMILES string of the molecule is Cc1ccc(NC(=O)[C@H](OC(=O)C2CC2)c2ccccc2)c([N+](=O)[O-])c1. The molecule has 1 N–H and O–H groups in total. The van der Waals surface area contributed by atoms with E-state index in [0.29, 0.717) is 11.1 Å². The molecule has 0 saturated heterocycles. The highest BCUT2D eigenvalue weighted by molar-refractivity contribution is 5.98. The lowest BCUT2D eigenvalue weighted by molar-refractivity contribution is -0.384. The Kier molecular flexibility index (Phi) is 4.97. The number of nitro benzene ring substituents is 1. The van der Waals surface area contributed by atoms with Crippen molar-refractivity contribution in [3.63, 3.8) is 0 Å². The van der Waals surface area contributed by atoms with E-state index < -0.39 is 22.9 Å². The number of aryl methyl sites for hydroxylation is 1. The molecule has 0 bridgehead atoms. The van der Waals surface area contributed by atoms with Crippen LogP contribution in [-0.2, 0) is 14.3 Å².